The van der Waals surface area contributed by atoms with Gasteiger partial charge in [0.1, 0.15) is 5.75 Å². The third-order valence-corrected chi connectivity index (χ3v) is 3.64. The lowest BCUT2D eigenvalue weighted by Gasteiger charge is -2.10. The average molecular weight is 381 g/mol. The van der Waals surface area contributed by atoms with E-state index in [1.54, 1.807) is 55.5 Å². The Hall–Kier alpha value is -3.50. The first-order chi connectivity index (χ1) is 13.1. The van der Waals surface area contributed by atoms with Crippen molar-refractivity contribution < 1.29 is 14.3 Å². The Morgan fingerprint density at radius 2 is 1.96 bits per heavy atom. The van der Waals surface area contributed by atoms with E-state index in [4.69, 9.17) is 26.3 Å². The highest BCUT2D eigenvalue weighted by atomic mass is 35.5. The van der Waals surface area contributed by atoms with Crippen molar-refractivity contribution in [3.63, 3.8) is 0 Å². The molecule has 0 atom stereocenters. The van der Waals surface area contributed by atoms with Crippen molar-refractivity contribution >= 4 is 17.6 Å². The quantitative estimate of drug-likeness (QED) is 0.616. The highest BCUT2D eigenvalue weighted by Crippen LogP contribution is 2.26. The predicted octanol–water partition coefficient (Wildman–Crippen LogP) is 4.03. The van der Waals surface area contributed by atoms with E-state index in [0.717, 1.165) is 0 Å². The topological polar surface area (TPSA) is 98.0 Å². The van der Waals surface area contributed by atoms with Crippen molar-refractivity contribution in [1.82, 2.24) is 15.2 Å². The van der Waals surface area contributed by atoms with Crippen molar-refractivity contribution in [2.24, 2.45) is 0 Å². The maximum absolute atomic E-state index is 12.1. The summed E-state index contributed by atoms with van der Waals surface area (Å²) >= 11 is 6.01. The van der Waals surface area contributed by atoms with E-state index in [9.17, 15) is 4.79 Å². The van der Waals surface area contributed by atoms with Crippen molar-refractivity contribution in [3.05, 3.63) is 64.8 Å². The minimum Gasteiger partial charge on any atom is -0.461 e. The first kappa shape index (κ1) is 18.3. The Bertz CT molecular complexity index is 1020. The smallest absolute Gasteiger partial charge is 0.364 e. The normalized spacial score (nSPS) is 10.1. The van der Waals surface area contributed by atoms with Crippen molar-refractivity contribution in [2.45, 2.75) is 6.92 Å². The van der Waals surface area contributed by atoms with Gasteiger partial charge in [-0.2, -0.15) is 10.2 Å². The fraction of sp³-hybridized carbons (Fsp3) is 0.105. The first-order valence-electron chi connectivity index (χ1n) is 7.96. The molecule has 0 amide bonds. The third kappa shape index (κ3) is 4.37. The van der Waals surface area contributed by atoms with Crippen molar-refractivity contribution in [1.29, 1.82) is 5.26 Å². The average Bonchev–Trinajstić information content (AvgIpc) is 2.68. The van der Waals surface area contributed by atoms with Crippen LogP contribution >= 0.6 is 11.6 Å². The maximum atomic E-state index is 12.1. The van der Waals surface area contributed by atoms with Gasteiger partial charge in [0.15, 0.2) is 5.82 Å². The van der Waals surface area contributed by atoms with E-state index < -0.39 is 5.97 Å². The molecule has 0 saturated carbocycles. The molecule has 7 nitrogen and oxygen atoms in total. The summed E-state index contributed by atoms with van der Waals surface area (Å²) in [7, 11) is 0. The van der Waals surface area contributed by atoms with Gasteiger partial charge in [0, 0.05) is 10.6 Å². The van der Waals surface area contributed by atoms with Crippen LogP contribution in [-0.4, -0.2) is 27.8 Å². The summed E-state index contributed by atoms with van der Waals surface area (Å²) in [6, 6.07) is 15.3. The zero-order valence-electron chi connectivity index (χ0n) is 14.2. The highest BCUT2D eigenvalue weighted by Gasteiger charge is 2.21. The van der Waals surface area contributed by atoms with Crippen LogP contribution in [0.3, 0.4) is 0 Å². The molecule has 0 bridgehead atoms. The lowest BCUT2D eigenvalue weighted by molar-refractivity contribution is 0.0514. The second kappa shape index (κ2) is 8.25. The second-order valence-corrected chi connectivity index (χ2v) is 5.69. The zero-order chi connectivity index (χ0) is 19.2. The Kier molecular flexibility index (Phi) is 5.59. The minimum atomic E-state index is -0.696. The standard InChI is InChI=1S/C19H13ClN4O3/c1-2-26-19(25)16-18(27-15-8-6-12(11-21)7-9-15)22-17(24-23-16)13-4-3-5-14(20)10-13/h3-10H,2H2,1H3. The van der Waals surface area contributed by atoms with Gasteiger partial charge in [-0.15, -0.1) is 10.2 Å². The molecule has 1 heterocycles. The van der Waals surface area contributed by atoms with Gasteiger partial charge in [-0.25, -0.2) is 4.79 Å². The number of carbonyl (C=O) groups excluding carboxylic acids is 1. The van der Waals surface area contributed by atoms with Gasteiger partial charge in [-0.3, -0.25) is 0 Å². The fourth-order valence-corrected chi connectivity index (χ4v) is 2.36. The van der Waals surface area contributed by atoms with Crippen LogP contribution in [0.15, 0.2) is 48.5 Å². The number of hydrogen-bond acceptors (Lipinski definition) is 7. The van der Waals surface area contributed by atoms with E-state index >= 15 is 0 Å². The largest absolute Gasteiger partial charge is 0.461 e. The number of benzene rings is 2. The number of nitriles is 1. The Morgan fingerprint density at radius 1 is 1.19 bits per heavy atom. The SMILES string of the molecule is CCOC(=O)c1nnc(-c2cccc(Cl)c2)nc1Oc1ccc(C#N)cc1. The number of nitrogens with zero attached hydrogens (tertiary/aromatic N) is 4. The maximum Gasteiger partial charge on any atom is 0.364 e. The molecule has 0 aliphatic carbocycles. The molecule has 8 heteroatoms. The highest BCUT2D eigenvalue weighted by molar-refractivity contribution is 6.30. The molecule has 3 rings (SSSR count). The number of halogens is 1. The summed E-state index contributed by atoms with van der Waals surface area (Å²) in [4.78, 5) is 16.5. The molecule has 0 N–H and O–H groups in total. The second-order valence-electron chi connectivity index (χ2n) is 5.26. The van der Waals surface area contributed by atoms with Crippen LogP contribution in [-0.2, 0) is 4.74 Å². The van der Waals surface area contributed by atoms with Gasteiger partial charge in [0.05, 0.1) is 18.2 Å². The van der Waals surface area contributed by atoms with Gasteiger partial charge < -0.3 is 9.47 Å². The molecule has 1 aromatic heterocycles. The minimum absolute atomic E-state index is 0.0527. The molecule has 0 unspecified atom stereocenters. The lowest BCUT2D eigenvalue weighted by atomic mass is 10.2. The van der Waals surface area contributed by atoms with Crippen LogP contribution in [0.2, 0.25) is 5.02 Å². The Morgan fingerprint density at radius 3 is 2.63 bits per heavy atom. The molecule has 3 aromatic rings. The van der Waals surface area contributed by atoms with E-state index in [2.05, 4.69) is 15.2 Å². The van der Waals surface area contributed by atoms with Crippen molar-refractivity contribution in [3.8, 4) is 29.1 Å². The van der Waals surface area contributed by atoms with E-state index in [0.29, 0.717) is 21.9 Å². The van der Waals surface area contributed by atoms with Crippen LogP contribution in [0.1, 0.15) is 23.0 Å². The molecule has 0 fully saturated rings. The molecule has 27 heavy (non-hydrogen) atoms. The van der Waals surface area contributed by atoms with Gasteiger partial charge >= 0.3 is 5.97 Å². The molecule has 0 radical (unpaired) electrons. The molecule has 0 aliphatic rings. The van der Waals surface area contributed by atoms with Crippen LogP contribution in [0.5, 0.6) is 11.6 Å². The number of aromatic nitrogens is 3. The summed E-state index contributed by atoms with van der Waals surface area (Å²) in [6.07, 6.45) is 0. The zero-order valence-corrected chi connectivity index (χ0v) is 15.0. The number of carbonyl (C=O) groups is 1. The van der Waals surface area contributed by atoms with Gasteiger partial charge in [0.2, 0.25) is 5.69 Å². The van der Waals surface area contributed by atoms with E-state index in [1.165, 1.54) is 0 Å². The van der Waals surface area contributed by atoms with Crippen LogP contribution in [0.25, 0.3) is 11.4 Å². The molecular formula is C19H13ClN4O3. The number of rotatable bonds is 5. The van der Waals surface area contributed by atoms with E-state index in [1.807, 2.05) is 6.07 Å². The summed E-state index contributed by atoms with van der Waals surface area (Å²) in [5, 5.41) is 17.3. The summed E-state index contributed by atoms with van der Waals surface area (Å²) in [5.41, 5.74) is 0.954. The van der Waals surface area contributed by atoms with Gasteiger partial charge in [-0.1, -0.05) is 23.7 Å². The first-order valence-corrected chi connectivity index (χ1v) is 8.34. The number of ether oxygens (including phenoxy) is 2. The summed E-state index contributed by atoms with van der Waals surface area (Å²) in [6.45, 7) is 1.85. The molecule has 0 saturated heterocycles. The molecule has 0 spiro atoms. The van der Waals surface area contributed by atoms with Crippen LogP contribution in [0, 0.1) is 11.3 Å². The Labute approximate surface area is 160 Å². The fourth-order valence-electron chi connectivity index (χ4n) is 2.17. The lowest BCUT2D eigenvalue weighted by Crippen LogP contribution is -2.12. The summed E-state index contributed by atoms with van der Waals surface area (Å²) in [5.74, 6) is -0.117. The molecular weight excluding hydrogens is 368 g/mol. The van der Waals surface area contributed by atoms with Gasteiger partial charge in [0.25, 0.3) is 5.88 Å². The predicted molar refractivity (Wildman–Crippen MR) is 97.5 cm³/mol. The number of hydrogen-bond donors (Lipinski definition) is 0. The molecule has 2 aromatic carbocycles. The Balaban J connectivity index is 2.02. The number of esters is 1. The van der Waals surface area contributed by atoms with Crippen LogP contribution in [0.4, 0.5) is 0 Å². The molecule has 0 aliphatic heterocycles. The van der Waals surface area contributed by atoms with Crippen molar-refractivity contribution in [2.75, 3.05) is 6.61 Å². The summed E-state index contributed by atoms with van der Waals surface area (Å²) < 4.78 is 10.7. The molecule has 134 valence electrons. The monoisotopic (exact) mass is 380 g/mol. The van der Waals surface area contributed by atoms with Gasteiger partial charge in [-0.05, 0) is 43.3 Å². The van der Waals surface area contributed by atoms with E-state index in [-0.39, 0.29) is 24.0 Å². The van der Waals surface area contributed by atoms with Crippen LogP contribution < -0.4 is 4.74 Å². The third-order valence-electron chi connectivity index (χ3n) is 3.40.